The largest absolute Gasteiger partial charge is 0.374 e. The Morgan fingerprint density at radius 2 is 2.03 bits per heavy atom. The van der Waals surface area contributed by atoms with Crippen molar-refractivity contribution in [1.29, 1.82) is 0 Å². The molecule has 9 nitrogen and oxygen atoms in total. The lowest BCUT2D eigenvalue weighted by Crippen LogP contribution is -2.50. The van der Waals surface area contributed by atoms with E-state index in [-0.39, 0.29) is 22.5 Å². The number of nitrogens with one attached hydrogen (secondary N) is 2. The second kappa shape index (κ2) is 9.69. The van der Waals surface area contributed by atoms with Crippen LogP contribution in [0.4, 0.5) is 0 Å². The van der Waals surface area contributed by atoms with Gasteiger partial charge in [0.15, 0.2) is 5.76 Å². The molecule has 1 aromatic carbocycles. The Balaban J connectivity index is 1.49. The quantitative estimate of drug-likeness (QED) is 0.634. The van der Waals surface area contributed by atoms with Gasteiger partial charge in [0.1, 0.15) is 10.6 Å². The minimum Gasteiger partial charge on any atom is -0.374 e. The molecule has 1 amide bonds. The van der Waals surface area contributed by atoms with Gasteiger partial charge < -0.3 is 14.6 Å². The molecule has 10 heteroatoms. The van der Waals surface area contributed by atoms with Crippen molar-refractivity contribution in [2.45, 2.75) is 44.4 Å². The van der Waals surface area contributed by atoms with Crippen molar-refractivity contribution in [2.75, 3.05) is 26.2 Å². The molecular weight excluding hydrogens is 408 g/mol. The number of carbonyl (C=O) groups is 1. The summed E-state index contributed by atoms with van der Waals surface area (Å²) >= 11 is 0. The van der Waals surface area contributed by atoms with Crippen molar-refractivity contribution >= 4 is 15.9 Å². The first kappa shape index (κ1) is 22.4. The second-order valence-corrected chi connectivity index (χ2v) is 9.11. The first-order valence-electron chi connectivity index (χ1n) is 9.87. The van der Waals surface area contributed by atoms with E-state index in [1.807, 2.05) is 18.2 Å². The molecule has 2 heterocycles. The van der Waals surface area contributed by atoms with Crippen LogP contribution in [0.3, 0.4) is 0 Å². The van der Waals surface area contributed by atoms with Crippen molar-refractivity contribution in [2.24, 2.45) is 0 Å². The molecule has 1 unspecified atom stereocenters. The third-order valence-electron chi connectivity index (χ3n) is 4.94. The van der Waals surface area contributed by atoms with E-state index in [9.17, 15) is 13.2 Å². The molecule has 0 bridgehead atoms. The highest BCUT2D eigenvalue weighted by Crippen LogP contribution is 2.19. The Kier molecular flexibility index (Phi) is 7.24. The van der Waals surface area contributed by atoms with Crippen LogP contribution in [0.25, 0.3) is 0 Å². The molecule has 0 spiro atoms. The molecule has 2 atom stereocenters. The maximum absolute atomic E-state index is 12.5. The Bertz CT molecular complexity index is 941. The first-order valence-corrected chi connectivity index (χ1v) is 11.4. The number of aromatic nitrogens is 1. The number of aryl methyl sites for hydroxylation is 2. The number of carbonyl (C=O) groups excluding carboxylic acids is 1. The van der Waals surface area contributed by atoms with Crippen LogP contribution >= 0.6 is 0 Å². The number of sulfonamides is 1. The van der Waals surface area contributed by atoms with Gasteiger partial charge in [0, 0.05) is 26.2 Å². The smallest absolute Gasteiger partial charge is 0.246 e. The van der Waals surface area contributed by atoms with Crippen molar-refractivity contribution in [3.63, 3.8) is 0 Å². The minimum absolute atomic E-state index is 0.0330. The van der Waals surface area contributed by atoms with Crippen molar-refractivity contribution in [1.82, 2.24) is 20.1 Å². The number of hydrogen-bond donors (Lipinski definition) is 2. The highest BCUT2D eigenvalue weighted by Gasteiger charge is 2.29. The van der Waals surface area contributed by atoms with Gasteiger partial charge in [0.05, 0.1) is 18.8 Å². The molecule has 164 valence electrons. The van der Waals surface area contributed by atoms with E-state index >= 15 is 0 Å². The zero-order chi connectivity index (χ0) is 21.7. The molecule has 1 fully saturated rings. The summed E-state index contributed by atoms with van der Waals surface area (Å²) in [4.78, 5) is 14.7. The fourth-order valence-electron chi connectivity index (χ4n) is 3.46. The normalized spacial score (nSPS) is 18.8. The van der Waals surface area contributed by atoms with Gasteiger partial charge in [-0.25, -0.2) is 8.42 Å². The molecule has 3 rings (SSSR count). The van der Waals surface area contributed by atoms with Crippen LogP contribution in [0.2, 0.25) is 0 Å². The Labute approximate surface area is 176 Å². The fourth-order valence-corrected chi connectivity index (χ4v) is 4.99. The van der Waals surface area contributed by atoms with Gasteiger partial charge in [-0.2, -0.15) is 4.72 Å². The Morgan fingerprint density at radius 1 is 1.30 bits per heavy atom. The summed E-state index contributed by atoms with van der Waals surface area (Å²) < 4.78 is 38.1. The summed E-state index contributed by atoms with van der Waals surface area (Å²) in [5.74, 6) is -0.240. The number of amides is 1. The van der Waals surface area contributed by atoms with Crippen molar-refractivity contribution < 1.29 is 22.5 Å². The van der Waals surface area contributed by atoms with Gasteiger partial charge in [0.25, 0.3) is 0 Å². The molecule has 0 saturated carbocycles. The third-order valence-corrected chi connectivity index (χ3v) is 6.72. The average Bonchev–Trinajstić information content (AvgIpc) is 3.06. The number of nitrogens with zero attached hydrogens (tertiary/aromatic N) is 2. The monoisotopic (exact) mass is 436 g/mol. The van der Waals surface area contributed by atoms with Gasteiger partial charge in [0.2, 0.25) is 15.9 Å². The van der Waals surface area contributed by atoms with Gasteiger partial charge in [-0.3, -0.25) is 9.69 Å². The molecule has 0 aliphatic carbocycles. The van der Waals surface area contributed by atoms with Gasteiger partial charge in [-0.05, 0) is 26.3 Å². The van der Waals surface area contributed by atoms with Crippen LogP contribution in [0.5, 0.6) is 0 Å². The number of ether oxygens (including phenoxy) is 1. The molecule has 1 aliphatic heterocycles. The fraction of sp³-hybridized carbons (Fsp3) is 0.500. The Hall–Kier alpha value is -2.27. The number of benzene rings is 1. The predicted molar refractivity (Wildman–Crippen MR) is 110 cm³/mol. The van der Waals surface area contributed by atoms with Crippen LogP contribution in [0.15, 0.2) is 39.8 Å². The summed E-state index contributed by atoms with van der Waals surface area (Å²) in [6.07, 6.45) is -0.155. The molecule has 2 N–H and O–H groups in total. The second-order valence-electron chi connectivity index (χ2n) is 7.45. The highest BCUT2D eigenvalue weighted by atomic mass is 32.2. The van der Waals surface area contributed by atoms with Crippen LogP contribution in [0.1, 0.15) is 23.9 Å². The zero-order valence-electron chi connectivity index (χ0n) is 17.4. The van der Waals surface area contributed by atoms with E-state index in [1.54, 1.807) is 0 Å². The van der Waals surface area contributed by atoms with E-state index in [2.05, 4.69) is 32.2 Å². The van der Waals surface area contributed by atoms with Crippen molar-refractivity contribution in [3.05, 3.63) is 47.3 Å². The lowest BCUT2D eigenvalue weighted by Gasteiger charge is -2.33. The lowest BCUT2D eigenvalue weighted by molar-refractivity contribution is -0.123. The predicted octanol–water partition coefficient (Wildman–Crippen LogP) is 0.975. The maximum Gasteiger partial charge on any atom is 0.246 e. The summed E-state index contributed by atoms with van der Waals surface area (Å²) in [7, 11) is -3.92. The Morgan fingerprint density at radius 3 is 2.70 bits per heavy atom. The summed E-state index contributed by atoms with van der Waals surface area (Å²) in [6, 6.07) is 9.23. The third kappa shape index (κ3) is 5.66. The van der Waals surface area contributed by atoms with E-state index < -0.39 is 22.0 Å². The standard InChI is InChI=1S/C20H28N4O5S/c1-14-19(16(3)29-22-14)30(26,27)23-15(2)20(25)21-11-18-13-24(9-10-28-18)12-17-7-5-4-6-8-17/h4-8,15,18,23H,9-13H2,1-3H3,(H,21,25)/t15-,18?/m0/s1. The van der Waals surface area contributed by atoms with E-state index in [1.165, 1.54) is 26.3 Å². The van der Waals surface area contributed by atoms with Gasteiger partial charge >= 0.3 is 0 Å². The van der Waals surface area contributed by atoms with Crippen LogP contribution in [-0.4, -0.2) is 62.8 Å². The van der Waals surface area contributed by atoms with E-state index in [0.29, 0.717) is 19.7 Å². The SMILES string of the molecule is Cc1noc(C)c1S(=O)(=O)N[C@@H](C)C(=O)NCC1CN(Cc2ccccc2)CCO1. The number of rotatable bonds is 8. The molecule has 1 aromatic heterocycles. The van der Waals surface area contributed by atoms with Crippen LogP contribution < -0.4 is 10.0 Å². The van der Waals surface area contributed by atoms with Gasteiger partial charge in [-0.15, -0.1) is 0 Å². The molecular formula is C20H28N4O5S. The van der Waals surface area contributed by atoms with Crippen LogP contribution in [0, 0.1) is 13.8 Å². The maximum atomic E-state index is 12.5. The summed E-state index contributed by atoms with van der Waals surface area (Å²) in [5.41, 5.74) is 1.48. The molecule has 1 saturated heterocycles. The molecule has 1 aliphatic rings. The zero-order valence-corrected chi connectivity index (χ0v) is 18.2. The first-order chi connectivity index (χ1) is 14.3. The minimum atomic E-state index is -3.92. The van der Waals surface area contributed by atoms with Gasteiger partial charge in [-0.1, -0.05) is 35.5 Å². The number of hydrogen-bond acceptors (Lipinski definition) is 7. The molecule has 0 radical (unpaired) electrons. The average molecular weight is 437 g/mol. The van der Waals surface area contributed by atoms with Crippen molar-refractivity contribution in [3.8, 4) is 0 Å². The summed E-state index contributed by atoms with van der Waals surface area (Å²) in [5, 5.41) is 6.43. The topological polar surface area (TPSA) is 114 Å². The molecule has 2 aromatic rings. The highest BCUT2D eigenvalue weighted by molar-refractivity contribution is 7.89. The lowest BCUT2D eigenvalue weighted by atomic mass is 10.2. The van der Waals surface area contributed by atoms with E-state index in [4.69, 9.17) is 9.26 Å². The van der Waals surface area contributed by atoms with Crippen LogP contribution in [-0.2, 0) is 26.1 Å². The summed E-state index contributed by atoms with van der Waals surface area (Å²) in [6.45, 7) is 7.78. The molecule has 30 heavy (non-hydrogen) atoms. The number of morpholine rings is 1. The van der Waals surface area contributed by atoms with E-state index in [0.717, 1.165) is 13.1 Å².